The molecule has 0 bridgehead atoms. The molecule has 1 fully saturated rings. The van der Waals surface area contributed by atoms with Gasteiger partial charge in [0.05, 0.1) is 12.2 Å². The Bertz CT molecular complexity index is 92.9. The third kappa shape index (κ3) is 2.15. The molecule has 1 saturated heterocycles. The molecule has 3 unspecified atom stereocenters. The average Bonchev–Trinajstić information content (AvgIpc) is 2.47. The maximum absolute atomic E-state index is 5.62. The van der Waals surface area contributed by atoms with E-state index >= 15 is 0 Å². The van der Waals surface area contributed by atoms with Crippen LogP contribution in [-0.2, 0) is 4.74 Å². The fourth-order valence-electron chi connectivity index (χ4n) is 0.937. The van der Waals surface area contributed by atoms with E-state index in [-0.39, 0.29) is 0 Å². The zero-order valence-corrected chi connectivity index (χ0v) is 6.69. The van der Waals surface area contributed by atoms with E-state index in [1.165, 1.54) is 0 Å². The number of epoxide rings is 1. The third-order valence-electron chi connectivity index (χ3n) is 1.73. The molecule has 1 heterocycles. The van der Waals surface area contributed by atoms with Crippen molar-refractivity contribution < 1.29 is 4.74 Å². The van der Waals surface area contributed by atoms with Gasteiger partial charge in [-0.15, -0.1) is 11.6 Å². The van der Waals surface area contributed by atoms with E-state index in [4.69, 9.17) is 16.3 Å². The molecule has 0 N–H and O–H groups in total. The Kier molecular flexibility index (Phi) is 2.36. The van der Waals surface area contributed by atoms with Gasteiger partial charge in [-0.2, -0.15) is 0 Å². The lowest BCUT2D eigenvalue weighted by molar-refractivity contribution is 0.353. The predicted molar refractivity (Wildman–Crippen MR) is 38.8 cm³/mol. The maximum Gasteiger partial charge on any atom is 0.0842 e. The summed E-state index contributed by atoms with van der Waals surface area (Å²) in [7, 11) is 0. The van der Waals surface area contributed by atoms with Crippen LogP contribution in [0.4, 0.5) is 0 Å². The van der Waals surface area contributed by atoms with Crippen LogP contribution < -0.4 is 0 Å². The highest BCUT2D eigenvalue weighted by Crippen LogP contribution is 2.27. The lowest BCUT2D eigenvalue weighted by atomic mass is 10.1. The van der Waals surface area contributed by atoms with E-state index in [1.807, 2.05) is 0 Å². The Labute approximate surface area is 61.3 Å². The molecular weight excluding hydrogens is 136 g/mol. The molecule has 0 aromatic rings. The standard InChI is InChI=1S/C7H13ClO/c1-5(4-8)3-7-6(2)9-7/h5-7H,3-4H2,1-2H3. The van der Waals surface area contributed by atoms with Crippen molar-refractivity contribution in [2.75, 3.05) is 5.88 Å². The molecule has 0 radical (unpaired) electrons. The number of hydrogen-bond donors (Lipinski definition) is 0. The molecular formula is C7H13ClO. The highest BCUT2D eigenvalue weighted by atomic mass is 35.5. The topological polar surface area (TPSA) is 12.5 Å². The van der Waals surface area contributed by atoms with E-state index < -0.39 is 0 Å². The smallest absolute Gasteiger partial charge is 0.0842 e. The molecule has 1 nitrogen and oxygen atoms in total. The number of alkyl halides is 1. The SMILES string of the molecule is CC(CCl)CC1OC1C. The monoisotopic (exact) mass is 148 g/mol. The van der Waals surface area contributed by atoms with Crippen LogP contribution in [0.2, 0.25) is 0 Å². The van der Waals surface area contributed by atoms with Crippen LogP contribution in [0.15, 0.2) is 0 Å². The van der Waals surface area contributed by atoms with Crippen LogP contribution in [-0.4, -0.2) is 18.1 Å². The second kappa shape index (κ2) is 2.89. The van der Waals surface area contributed by atoms with Crippen LogP contribution >= 0.6 is 11.6 Å². The Morgan fingerprint density at radius 2 is 2.22 bits per heavy atom. The minimum atomic E-state index is 0.496. The summed E-state index contributed by atoms with van der Waals surface area (Å²) >= 11 is 5.62. The minimum Gasteiger partial charge on any atom is -0.370 e. The number of rotatable bonds is 3. The molecule has 0 aliphatic carbocycles. The van der Waals surface area contributed by atoms with Gasteiger partial charge in [0.1, 0.15) is 0 Å². The summed E-state index contributed by atoms with van der Waals surface area (Å²) in [5.41, 5.74) is 0. The van der Waals surface area contributed by atoms with Gasteiger partial charge in [-0.25, -0.2) is 0 Å². The number of halogens is 1. The normalized spacial score (nSPS) is 36.3. The molecule has 9 heavy (non-hydrogen) atoms. The van der Waals surface area contributed by atoms with Gasteiger partial charge in [-0.1, -0.05) is 6.92 Å². The van der Waals surface area contributed by atoms with Crippen molar-refractivity contribution in [3.63, 3.8) is 0 Å². The van der Waals surface area contributed by atoms with Crippen LogP contribution in [0.1, 0.15) is 20.3 Å². The number of hydrogen-bond acceptors (Lipinski definition) is 1. The van der Waals surface area contributed by atoms with E-state index in [9.17, 15) is 0 Å². The Morgan fingerprint density at radius 1 is 1.67 bits per heavy atom. The molecule has 2 heteroatoms. The van der Waals surface area contributed by atoms with Gasteiger partial charge in [0, 0.05) is 5.88 Å². The molecule has 0 spiro atoms. The molecule has 54 valence electrons. The van der Waals surface area contributed by atoms with Crippen LogP contribution in [0.25, 0.3) is 0 Å². The molecule has 1 aliphatic heterocycles. The zero-order valence-electron chi connectivity index (χ0n) is 5.93. The molecule has 0 amide bonds. The Hall–Kier alpha value is 0.250. The fraction of sp³-hybridized carbons (Fsp3) is 1.00. The molecule has 1 rings (SSSR count). The first kappa shape index (κ1) is 7.36. The zero-order chi connectivity index (χ0) is 6.85. The summed E-state index contributed by atoms with van der Waals surface area (Å²) in [5, 5.41) is 0. The highest BCUT2D eigenvalue weighted by molar-refractivity contribution is 6.18. The van der Waals surface area contributed by atoms with Crippen molar-refractivity contribution >= 4 is 11.6 Å². The van der Waals surface area contributed by atoms with E-state index in [0.29, 0.717) is 18.1 Å². The molecule has 3 atom stereocenters. The van der Waals surface area contributed by atoms with Gasteiger partial charge in [0.15, 0.2) is 0 Å². The number of ether oxygens (including phenoxy) is 1. The lowest BCUT2D eigenvalue weighted by Gasteiger charge is -2.01. The lowest BCUT2D eigenvalue weighted by Crippen LogP contribution is -2.01. The summed E-state index contributed by atoms with van der Waals surface area (Å²) < 4.78 is 5.23. The molecule has 0 aromatic heterocycles. The first-order valence-corrected chi connectivity index (χ1v) is 3.99. The average molecular weight is 149 g/mol. The van der Waals surface area contributed by atoms with Crippen molar-refractivity contribution in [2.24, 2.45) is 5.92 Å². The van der Waals surface area contributed by atoms with E-state index in [1.54, 1.807) is 0 Å². The first-order chi connectivity index (χ1) is 4.24. The molecule has 1 aliphatic rings. The van der Waals surface area contributed by atoms with E-state index in [2.05, 4.69) is 13.8 Å². The van der Waals surface area contributed by atoms with Crippen molar-refractivity contribution in [3.05, 3.63) is 0 Å². The summed E-state index contributed by atoms with van der Waals surface area (Å²) in [6.45, 7) is 4.26. The van der Waals surface area contributed by atoms with Gasteiger partial charge in [0.2, 0.25) is 0 Å². The summed E-state index contributed by atoms with van der Waals surface area (Å²) in [6, 6.07) is 0. The molecule has 0 aromatic carbocycles. The second-order valence-electron chi connectivity index (χ2n) is 2.87. The fourth-order valence-corrected chi connectivity index (χ4v) is 1.06. The van der Waals surface area contributed by atoms with Crippen LogP contribution in [0.5, 0.6) is 0 Å². The van der Waals surface area contributed by atoms with Crippen molar-refractivity contribution in [2.45, 2.75) is 32.5 Å². The van der Waals surface area contributed by atoms with Gasteiger partial charge in [0.25, 0.3) is 0 Å². The first-order valence-electron chi connectivity index (χ1n) is 3.45. The Morgan fingerprint density at radius 3 is 2.56 bits per heavy atom. The minimum absolute atomic E-state index is 0.496. The van der Waals surface area contributed by atoms with Gasteiger partial charge < -0.3 is 4.74 Å². The highest BCUT2D eigenvalue weighted by Gasteiger charge is 2.34. The quantitative estimate of drug-likeness (QED) is 0.441. The predicted octanol–water partition coefficient (Wildman–Crippen LogP) is 2.04. The summed E-state index contributed by atoms with van der Waals surface area (Å²) in [5.74, 6) is 1.37. The Balaban J connectivity index is 2.05. The second-order valence-corrected chi connectivity index (χ2v) is 3.18. The largest absolute Gasteiger partial charge is 0.370 e. The van der Waals surface area contributed by atoms with E-state index in [0.717, 1.165) is 12.3 Å². The van der Waals surface area contributed by atoms with Crippen molar-refractivity contribution in [3.8, 4) is 0 Å². The van der Waals surface area contributed by atoms with Crippen LogP contribution in [0, 0.1) is 5.92 Å². The third-order valence-corrected chi connectivity index (χ3v) is 2.26. The summed E-state index contributed by atoms with van der Waals surface area (Å²) in [4.78, 5) is 0. The van der Waals surface area contributed by atoms with Crippen molar-refractivity contribution in [1.29, 1.82) is 0 Å². The van der Waals surface area contributed by atoms with Gasteiger partial charge >= 0.3 is 0 Å². The maximum atomic E-state index is 5.62. The van der Waals surface area contributed by atoms with Gasteiger partial charge in [-0.3, -0.25) is 0 Å². The van der Waals surface area contributed by atoms with Gasteiger partial charge in [-0.05, 0) is 19.3 Å². The van der Waals surface area contributed by atoms with Crippen LogP contribution in [0.3, 0.4) is 0 Å². The summed E-state index contributed by atoms with van der Waals surface area (Å²) in [6.07, 6.45) is 2.14. The van der Waals surface area contributed by atoms with Crippen molar-refractivity contribution in [1.82, 2.24) is 0 Å². The molecule has 0 saturated carbocycles.